The quantitative estimate of drug-likeness (QED) is 0.276. The number of alkyl carbamates (subject to hydrolysis) is 1. The van der Waals surface area contributed by atoms with E-state index in [0.29, 0.717) is 11.8 Å². The number of rotatable bonds is 11. The zero-order chi connectivity index (χ0) is 33.3. The van der Waals surface area contributed by atoms with E-state index >= 15 is 0 Å². The van der Waals surface area contributed by atoms with Gasteiger partial charge in [-0.15, -0.1) is 0 Å². The third-order valence-electron chi connectivity index (χ3n) is 9.73. The van der Waals surface area contributed by atoms with Gasteiger partial charge in [-0.1, -0.05) is 58.0 Å². The minimum atomic E-state index is -1.00. The lowest BCUT2D eigenvalue weighted by Gasteiger charge is -2.64. The van der Waals surface area contributed by atoms with Gasteiger partial charge in [-0.05, 0) is 76.2 Å². The van der Waals surface area contributed by atoms with Crippen LogP contribution in [0.2, 0.25) is 0 Å². The highest BCUT2D eigenvalue weighted by Gasteiger charge is 2.67. The second-order valence-corrected chi connectivity index (χ2v) is 15.0. The lowest BCUT2D eigenvalue weighted by atomic mass is 9.43. The highest BCUT2D eigenvalue weighted by Crippen LogP contribution is 2.65. The molecular weight excluding hydrogens is 575 g/mol. The van der Waals surface area contributed by atoms with Gasteiger partial charge in [0, 0.05) is 6.42 Å². The number of carbonyl (C=O) groups is 4. The van der Waals surface area contributed by atoms with Crippen LogP contribution in [0.3, 0.4) is 0 Å². The van der Waals surface area contributed by atoms with Gasteiger partial charge in [0.15, 0.2) is 0 Å². The van der Waals surface area contributed by atoms with Crippen molar-refractivity contribution in [2.45, 2.75) is 117 Å². The molecule has 1 heterocycles. The fourth-order valence-corrected chi connectivity index (χ4v) is 7.04. The van der Waals surface area contributed by atoms with Crippen LogP contribution in [0.1, 0.15) is 80.7 Å². The summed E-state index contributed by atoms with van der Waals surface area (Å²) in [6, 6.07) is 6.42. The molecule has 0 aromatic heterocycles. The van der Waals surface area contributed by atoms with Crippen molar-refractivity contribution in [1.29, 1.82) is 0 Å². The number of ether oxygens (including phenoxy) is 1. The Labute approximate surface area is 267 Å². The third-order valence-corrected chi connectivity index (χ3v) is 9.73. The minimum Gasteiger partial charge on any atom is -0.444 e. The second-order valence-electron chi connectivity index (χ2n) is 15.0. The molecule has 0 radical (unpaired) electrons. The van der Waals surface area contributed by atoms with Gasteiger partial charge in [0.05, 0.1) is 18.1 Å². The molecule has 1 saturated heterocycles. The summed E-state index contributed by atoms with van der Waals surface area (Å²) in [7, 11) is -0.558. The molecule has 2 bridgehead atoms. The van der Waals surface area contributed by atoms with Gasteiger partial charge in [0.1, 0.15) is 23.7 Å². The molecular formula is C33H51BN4O7. The minimum absolute atomic E-state index is 0.00938. The van der Waals surface area contributed by atoms with Crippen LogP contribution in [0.5, 0.6) is 0 Å². The van der Waals surface area contributed by atoms with E-state index in [1.165, 1.54) is 0 Å². The van der Waals surface area contributed by atoms with Crippen LogP contribution in [0.4, 0.5) is 4.79 Å². The standard InChI is InChI=1S/C33H51BN4O7/c1-19(2)26(38-30(42)43-31(4,5)6)29(41)37-23(15-21-13-11-10-12-14-21)28(40)36-20(3)27(39)35-18-34-44-25-17-22-16-24(32(22,7)8)33(25,9)45-34/h10-14,19-20,22-26H,15-18H2,1-9H3,(H,35,39)(H,36,40)(H,37,41)(H,38,42). The molecule has 1 aromatic rings. The summed E-state index contributed by atoms with van der Waals surface area (Å²) < 4.78 is 17.9. The zero-order valence-electron chi connectivity index (χ0n) is 28.2. The van der Waals surface area contributed by atoms with Gasteiger partial charge >= 0.3 is 13.2 Å². The first-order chi connectivity index (χ1) is 20.9. The van der Waals surface area contributed by atoms with E-state index in [1.54, 1.807) is 41.5 Å². The van der Waals surface area contributed by atoms with E-state index < -0.39 is 54.7 Å². The van der Waals surface area contributed by atoms with Crippen molar-refractivity contribution in [1.82, 2.24) is 21.3 Å². The average Bonchev–Trinajstić information content (AvgIpc) is 3.29. The summed E-state index contributed by atoms with van der Waals surface area (Å²) in [6.07, 6.45) is 1.73. The van der Waals surface area contributed by atoms with Crippen molar-refractivity contribution in [2.24, 2.45) is 23.2 Å². The van der Waals surface area contributed by atoms with Crippen LogP contribution < -0.4 is 21.3 Å². The van der Waals surface area contributed by atoms with E-state index in [4.69, 9.17) is 14.0 Å². The normalized spacial score (nSPS) is 26.9. The lowest BCUT2D eigenvalue weighted by molar-refractivity contribution is -0.199. The molecule has 1 aromatic carbocycles. The van der Waals surface area contributed by atoms with Crippen LogP contribution >= 0.6 is 0 Å². The Balaban J connectivity index is 1.35. The molecule has 1 aliphatic heterocycles. The molecule has 7 atom stereocenters. The second kappa shape index (κ2) is 13.3. The average molecular weight is 627 g/mol. The molecule has 4 amide bonds. The molecule has 248 valence electrons. The molecule has 4 fully saturated rings. The summed E-state index contributed by atoms with van der Waals surface area (Å²) in [5.41, 5.74) is -0.0681. The van der Waals surface area contributed by atoms with E-state index in [2.05, 4.69) is 42.0 Å². The Morgan fingerprint density at radius 2 is 1.62 bits per heavy atom. The first-order valence-electron chi connectivity index (χ1n) is 16.2. The monoisotopic (exact) mass is 626 g/mol. The molecule has 7 unspecified atom stereocenters. The van der Waals surface area contributed by atoms with Gasteiger partial charge in [-0.3, -0.25) is 14.4 Å². The van der Waals surface area contributed by atoms with E-state index in [9.17, 15) is 19.2 Å². The fraction of sp³-hybridized carbons (Fsp3) is 0.697. The van der Waals surface area contributed by atoms with Gasteiger partial charge in [-0.2, -0.15) is 0 Å². The molecule has 45 heavy (non-hydrogen) atoms. The first kappa shape index (κ1) is 34.8. The largest absolute Gasteiger partial charge is 0.478 e. The number of amides is 4. The van der Waals surface area contributed by atoms with Crippen molar-refractivity contribution >= 4 is 30.9 Å². The molecule has 4 N–H and O–H groups in total. The molecule has 4 aliphatic rings. The summed E-state index contributed by atoms with van der Waals surface area (Å²) in [5, 5.41) is 11.0. The molecule has 3 saturated carbocycles. The van der Waals surface area contributed by atoms with Crippen LogP contribution in [0.25, 0.3) is 0 Å². The number of carbonyl (C=O) groups excluding carboxylic acids is 4. The summed E-state index contributed by atoms with van der Waals surface area (Å²) in [6.45, 7) is 17.1. The number of nitrogens with one attached hydrogen (secondary N) is 4. The van der Waals surface area contributed by atoms with Crippen molar-refractivity contribution < 1.29 is 33.2 Å². The van der Waals surface area contributed by atoms with E-state index in [-0.39, 0.29) is 35.9 Å². The van der Waals surface area contributed by atoms with E-state index in [1.807, 2.05) is 30.3 Å². The first-order valence-corrected chi connectivity index (χ1v) is 16.2. The van der Waals surface area contributed by atoms with Crippen molar-refractivity contribution in [3.8, 4) is 0 Å². The zero-order valence-corrected chi connectivity index (χ0v) is 28.2. The topological polar surface area (TPSA) is 144 Å². The Morgan fingerprint density at radius 3 is 2.22 bits per heavy atom. The molecule has 3 aliphatic carbocycles. The summed E-state index contributed by atoms with van der Waals surface area (Å²) >= 11 is 0. The summed E-state index contributed by atoms with van der Waals surface area (Å²) in [5.74, 6) is -0.693. The molecule has 5 rings (SSSR count). The smallest absolute Gasteiger partial charge is 0.444 e. The van der Waals surface area contributed by atoms with Crippen LogP contribution in [-0.4, -0.2) is 72.8 Å². The van der Waals surface area contributed by atoms with Crippen LogP contribution in [-0.2, 0) is 34.9 Å². The van der Waals surface area contributed by atoms with Gasteiger partial charge in [-0.25, -0.2) is 4.79 Å². The Hall–Kier alpha value is -3.12. The predicted molar refractivity (Wildman–Crippen MR) is 171 cm³/mol. The highest BCUT2D eigenvalue weighted by atomic mass is 16.7. The van der Waals surface area contributed by atoms with Crippen molar-refractivity contribution in [2.75, 3.05) is 6.44 Å². The van der Waals surface area contributed by atoms with Gasteiger partial charge < -0.3 is 35.3 Å². The number of benzene rings is 1. The SMILES string of the molecule is CC(NC(=O)C(Cc1ccccc1)NC(=O)C(NC(=O)OC(C)(C)C)C(C)C)C(=O)NCB1OC2CC3CC(C3(C)C)C2(C)O1. The van der Waals surface area contributed by atoms with E-state index in [0.717, 1.165) is 18.4 Å². The summed E-state index contributed by atoms with van der Waals surface area (Å²) in [4.78, 5) is 52.4. The van der Waals surface area contributed by atoms with Gasteiger partial charge in [0.25, 0.3) is 0 Å². The molecule has 12 heteroatoms. The molecule has 0 spiro atoms. The maximum atomic E-state index is 13.5. The predicted octanol–water partition coefficient (Wildman–Crippen LogP) is 3.15. The van der Waals surface area contributed by atoms with Gasteiger partial charge in [0.2, 0.25) is 17.7 Å². The fourth-order valence-electron chi connectivity index (χ4n) is 7.04. The van der Waals surface area contributed by atoms with Crippen molar-refractivity contribution in [3.63, 3.8) is 0 Å². The van der Waals surface area contributed by atoms with Crippen LogP contribution in [0, 0.1) is 23.2 Å². The highest BCUT2D eigenvalue weighted by molar-refractivity contribution is 6.46. The number of hydrogen-bond donors (Lipinski definition) is 4. The molecule has 11 nitrogen and oxygen atoms in total. The Morgan fingerprint density at radius 1 is 0.956 bits per heavy atom. The van der Waals surface area contributed by atoms with Crippen LogP contribution in [0.15, 0.2) is 30.3 Å². The maximum absolute atomic E-state index is 13.5. The lowest BCUT2D eigenvalue weighted by Crippen LogP contribution is -2.65. The Kier molecular flexibility index (Phi) is 10.3. The number of hydrogen-bond acceptors (Lipinski definition) is 7. The Bertz CT molecular complexity index is 1250. The maximum Gasteiger partial charge on any atom is 0.478 e. The third kappa shape index (κ3) is 8.00. The van der Waals surface area contributed by atoms with Crippen molar-refractivity contribution in [3.05, 3.63) is 35.9 Å².